The predicted molar refractivity (Wildman–Crippen MR) is 106 cm³/mol. The summed E-state index contributed by atoms with van der Waals surface area (Å²) < 4.78 is 0. The molecular formula is C22H26N4O2. The van der Waals surface area contributed by atoms with Crippen molar-refractivity contribution in [1.82, 2.24) is 20.1 Å². The lowest BCUT2D eigenvalue weighted by Crippen LogP contribution is -2.57. The number of carbonyl (C=O) groups excluding carboxylic acids is 2. The average molecular weight is 378 g/mol. The Balaban J connectivity index is 1.21. The van der Waals surface area contributed by atoms with Crippen molar-refractivity contribution in [1.29, 1.82) is 0 Å². The molecule has 0 radical (unpaired) electrons. The average Bonchev–Trinajstić information content (AvgIpc) is 2.66. The molecule has 4 rings (SSSR count). The third-order valence-electron chi connectivity index (χ3n) is 5.72. The highest BCUT2D eigenvalue weighted by molar-refractivity contribution is 5.85. The van der Waals surface area contributed by atoms with E-state index in [1.165, 1.54) is 11.1 Å². The number of carbonyl (C=O) groups is 2. The third-order valence-corrected chi connectivity index (χ3v) is 5.72. The van der Waals surface area contributed by atoms with Gasteiger partial charge in [-0.25, -0.2) is 0 Å². The highest BCUT2D eigenvalue weighted by atomic mass is 16.2. The first-order valence-electron chi connectivity index (χ1n) is 9.85. The number of benzene rings is 1. The summed E-state index contributed by atoms with van der Waals surface area (Å²) in [6.45, 7) is 5.59. The molecule has 0 unspecified atom stereocenters. The van der Waals surface area contributed by atoms with Crippen molar-refractivity contribution in [3.63, 3.8) is 0 Å². The van der Waals surface area contributed by atoms with Crippen LogP contribution in [0.25, 0.3) is 0 Å². The number of hydrogen-bond acceptors (Lipinski definition) is 4. The van der Waals surface area contributed by atoms with E-state index < -0.39 is 0 Å². The normalized spacial score (nSPS) is 17.0. The van der Waals surface area contributed by atoms with E-state index in [1.54, 1.807) is 11.1 Å². The fraction of sp³-hybridized carbons (Fsp3) is 0.409. The van der Waals surface area contributed by atoms with Crippen LogP contribution in [0.2, 0.25) is 0 Å². The largest absolute Gasteiger partial charge is 0.350 e. The van der Waals surface area contributed by atoms with Crippen molar-refractivity contribution < 1.29 is 9.59 Å². The third kappa shape index (κ3) is 4.07. The zero-order chi connectivity index (χ0) is 19.5. The van der Waals surface area contributed by atoms with Gasteiger partial charge in [-0.3, -0.25) is 19.5 Å². The Hall–Kier alpha value is -2.73. The number of aryl methyl sites for hydroxylation is 1. The van der Waals surface area contributed by atoms with Crippen LogP contribution < -0.4 is 5.32 Å². The van der Waals surface area contributed by atoms with E-state index in [4.69, 9.17) is 0 Å². The van der Waals surface area contributed by atoms with Gasteiger partial charge in [-0.05, 0) is 36.1 Å². The predicted octanol–water partition coefficient (Wildman–Crippen LogP) is 1.52. The van der Waals surface area contributed by atoms with Gasteiger partial charge in [-0.15, -0.1) is 0 Å². The first-order valence-corrected chi connectivity index (χ1v) is 9.85. The van der Waals surface area contributed by atoms with Crippen LogP contribution in [0.5, 0.6) is 0 Å². The highest BCUT2D eigenvalue weighted by Gasteiger charge is 2.36. The number of rotatable bonds is 5. The number of pyridine rings is 1. The van der Waals surface area contributed by atoms with E-state index in [0.29, 0.717) is 26.2 Å². The Kier molecular flexibility index (Phi) is 5.39. The van der Waals surface area contributed by atoms with Crippen LogP contribution in [0.1, 0.15) is 22.4 Å². The smallest absolute Gasteiger partial charge is 0.236 e. The minimum Gasteiger partial charge on any atom is -0.350 e. The molecule has 28 heavy (non-hydrogen) atoms. The van der Waals surface area contributed by atoms with Gasteiger partial charge in [0, 0.05) is 32.4 Å². The molecule has 1 aromatic heterocycles. The van der Waals surface area contributed by atoms with E-state index in [0.717, 1.165) is 30.8 Å². The number of nitrogens with one attached hydrogen (secondary N) is 1. The van der Waals surface area contributed by atoms with Crippen LogP contribution in [0.15, 0.2) is 42.6 Å². The van der Waals surface area contributed by atoms with E-state index >= 15 is 0 Å². The molecule has 3 heterocycles. The molecule has 0 spiro atoms. The summed E-state index contributed by atoms with van der Waals surface area (Å²) in [6.07, 6.45) is 2.72. The molecule has 0 bridgehead atoms. The molecule has 6 nitrogen and oxygen atoms in total. The molecule has 1 aromatic carbocycles. The molecule has 0 atom stereocenters. The van der Waals surface area contributed by atoms with Gasteiger partial charge in [-0.1, -0.05) is 30.3 Å². The van der Waals surface area contributed by atoms with Crippen LogP contribution in [-0.2, 0) is 29.1 Å². The topological polar surface area (TPSA) is 65.5 Å². The summed E-state index contributed by atoms with van der Waals surface area (Å²) in [5.41, 5.74) is 4.65. The second kappa shape index (κ2) is 8.10. The van der Waals surface area contributed by atoms with Crippen molar-refractivity contribution in [3.8, 4) is 0 Å². The molecule has 2 aliphatic rings. The van der Waals surface area contributed by atoms with Crippen molar-refractivity contribution in [2.75, 3.05) is 26.2 Å². The molecule has 2 aliphatic heterocycles. The SMILES string of the molecule is Cc1cccnc1CNC(=O)C1CN(C(=O)CN2CCc3ccccc3C2)C1. The van der Waals surface area contributed by atoms with Gasteiger partial charge >= 0.3 is 0 Å². The zero-order valence-electron chi connectivity index (χ0n) is 16.2. The number of amides is 2. The van der Waals surface area contributed by atoms with Crippen molar-refractivity contribution in [2.24, 2.45) is 5.92 Å². The van der Waals surface area contributed by atoms with Gasteiger partial charge in [0.25, 0.3) is 0 Å². The van der Waals surface area contributed by atoms with Gasteiger partial charge in [0.1, 0.15) is 0 Å². The maximum Gasteiger partial charge on any atom is 0.236 e. The van der Waals surface area contributed by atoms with Gasteiger partial charge in [0.15, 0.2) is 0 Å². The molecule has 2 amide bonds. The summed E-state index contributed by atoms with van der Waals surface area (Å²) >= 11 is 0. The number of hydrogen-bond donors (Lipinski definition) is 1. The Bertz CT molecular complexity index is 876. The molecular weight excluding hydrogens is 352 g/mol. The van der Waals surface area contributed by atoms with Gasteiger partial charge in [-0.2, -0.15) is 0 Å². The minimum absolute atomic E-state index is 0.000929. The fourth-order valence-electron chi connectivity index (χ4n) is 3.85. The lowest BCUT2D eigenvalue weighted by Gasteiger charge is -2.39. The molecule has 146 valence electrons. The number of likely N-dealkylation sites (tertiary alicyclic amines) is 1. The lowest BCUT2D eigenvalue weighted by molar-refractivity contribution is -0.144. The molecule has 6 heteroatoms. The van der Waals surface area contributed by atoms with Crippen molar-refractivity contribution >= 4 is 11.8 Å². The summed E-state index contributed by atoms with van der Waals surface area (Å²) in [5.74, 6) is 0.0000507. The first kappa shape index (κ1) is 18.6. The van der Waals surface area contributed by atoms with E-state index in [-0.39, 0.29) is 17.7 Å². The van der Waals surface area contributed by atoms with E-state index in [1.807, 2.05) is 19.1 Å². The molecule has 1 N–H and O–H groups in total. The maximum atomic E-state index is 12.5. The fourth-order valence-corrected chi connectivity index (χ4v) is 3.85. The summed E-state index contributed by atoms with van der Waals surface area (Å²) in [6, 6.07) is 12.3. The van der Waals surface area contributed by atoms with E-state index in [2.05, 4.69) is 39.5 Å². The summed E-state index contributed by atoms with van der Waals surface area (Å²) in [7, 11) is 0. The van der Waals surface area contributed by atoms with Crippen molar-refractivity contribution in [2.45, 2.75) is 26.4 Å². The Labute approximate surface area is 165 Å². The van der Waals surface area contributed by atoms with Gasteiger partial charge in [0.05, 0.1) is 24.7 Å². The minimum atomic E-state index is -0.116. The van der Waals surface area contributed by atoms with Crippen LogP contribution in [0.4, 0.5) is 0 Å². The zero-order valence-corrected chi connectivity index (χ0v) is 16.2. The second-order valence-corrected chi connectivity index (χ2v) is 7.71. The van der Waals surface area contributed by atoms with E-state index in [9.17, 15) is 9.59 Å². The molecule has 1 saturated heterocycles. The number of nitrogens with zero attached hydrogens (tertiary/aromatic N) is 3. The molecule has 2 aromatic rings. The van der Waals surface area contributed by atoms with Crippen LogP contribution in [-0.4, -0.2) is 52.8 Å². The Morgan fingerprint density at radius 3 is 2.71 bits per heavy atom. The first-order chi connectivity index (χ1) is 13.6. The number of aromatic nitrogens is 1. The van der Waals surface area contributed by atoms with Crippen LogP contribution >= 0.6 is 0 Å². The Morgan fingerprint density at radius 2 is 1.93 bits per heavy atom. The quantitative estimate of drug-likeness (QED) is 0.857. The highest BCUT2D eigenvalue weighted by Crippen LogP contribution is 2.20. The Morgan fingerprint density at radius 1 is 1.14 bits per heavy atom. The summed E-state index contributed by atoms with van der Waals surface area (Å²) in [5, 5.41) is 2.94. The standard InChI is InChI=1S/C22H26N4O2/c1-16-5-4-9-23-20(16)11-24-22(28)19-13-26(14-19)21(27)15-25-10-8-17-6-2-3-7-18(17)12-25/h2-7,9,19H,8,10-15H2,1H3,(H,24,28). The van der Waals surface area contributed by atoms with Crippen LogP contribution in [0, 0.1) is 12.8 Å². The van der Waals surface area contributed by atoms with Crippen molar-refractivity contribution in [3.05, 3.63) is 65.0 Å². The molecule has 0 aliphatic carbocycles. The molecule has 0 saturated carbocycles. The maximum absolute atomic E-state index is 12.5. The molecule has 1 fully saturated rings. The monoisotopic (exact) mass is 378 g/mol. The second-order valence-electron chi connectivity index (χ2n) is 7.71. The number of fused-ring (bicyclic) bond motifs is 1. The summed E-state index contributed by atoms with van der Waals surface area (Å²) in [4.78, 5) is 33.1. The van der Waals surface area contributed by atoms with Crippen LogP contribution in [0.3, 0.4) is 0 Å². The lowest BCUT2D eigenvalue weighted by atomic mass is 9.98. The van der Waals surface area contributed by atoms with Gasteiger partial charge < -0.3 is 10.2 Å². The van der Waals surface area contributed by atoms with Gasteiger partial charge in [0.2, 0.25) is 11.8 Å².